The lowest BCUT2D eigenvalue weighted by molar-refractivity contribution is 0.138. The monoisotopic (exact) mass is 388 g/mol. The molecule has 0 aliphatic rings. The second kappa shape index (κ2) is 10.1. The summed E-state index contributed by atoms with van der Waals surface area (Å²) in [4.78, 5) is 0. The van der Waals surface area contributed by atoms with Crippen LogP contribution in [-0.4, -0.2) is 60.3 Å². The van der Waals surface area contributed by atoms with Gasteiger partial charge in [-0.25, -0.2) is 4.39 Å². The van der Waals surface area contributed by atoms with E-state index < -0.39 is 17.6 Å². The van der Waals surface area contributed by atoms with E-state index in [0.717, 1.165) is 0 Å². The second-order valence-corrected chi connectivity index (χ2v) is 10.4. The predicted molar refractivity (Wildman–Crippen MR) is 98.0 cm³/mol. The van der Waals surface area contributed by atoms with Crippen LogP contribution in [0.3, 0.4) is 0 Å². The average molecular weight is 389 g/mol. The number of rotatable bonds is 10. The highest BCUT2D eigenvalue weighted by Crippen LogP contribution is 2.18. The topological polar surface area (TPSA) is 55.4 Å². The fourth-order valence-corrected chi connectivity index (χ4v) is 4.68. The first-order valence-corrected chi connectivity index (χ1v) is 11.0. The third kappa shape index (κ3) is 5.66. The van der Waals surface area contributed by atoms with E-state index in [2.05, 4.69) is 0 Å². The van der Waals surface area contributed by atoms with Gasteiger partial charge in [-0.15, -0.1) is 0 Å². The number of hydrogen-bond acceptors (Lipinski definition) is 6. The first-order valence-electron chi connectivity index (χ1n) is 7.42. The molecule has 0 saturated heterocycles. The molecule has 0 aliphatic heterocycles. The lowest BCUT2D eigenvalue weighted by atomic mass is 10.1. The van der Waals surface area contributed by atoms with Crippen molar-refractivity contribution in [2.45, 2.75) is 0 Å². The van der Waals surface area contributed by atoms with Gasteiger partial charge in [-0.05, 0) is 23.0 Å². The van der Waals surface area contributed by atoms with Crippen molar-refractivity contribution in [3.05, 3.63) is 46.5 Å². The summed E-state index contributed by atoms with van der Waals surface area (Å²) < 4.78 is 46.0. The van der Waals surface area contributed by atoms with Gasteiger partial charge in [-0.1, -0.05) is 24.3 Å². The van der Waals surface area contributed by atoms with Gasteiger partial charge in [0.1, 0.15) is 5.82 Å². The largest absolute Gasteiger partial charge is 0.528 e. The molecule has 0 radical (unpaired) electrons. The van der Waals surface area contributed by atoms with Gasteiger partial charge >= 0.3 is 17.6 Å². The van der Waals surface area contributed by atoms with Crippen LogP contribution in [-0.2, 0) is 26.6 Å². The maximum atomic E-state index is 14.3. The van der Waals surface area contributed by atoms with Crippen LogP contribution in [0.5, 0.6) is 0 Å². The van der Waals surface area contributed by atoms with Crippen LogP contribution in [0, 0.1) is 5.82 Å². The van der Waals surface area contributed by atoms with E-state index in [0.29, 0.717) is 11.1 Å². The van der Waals surface area contributed by atoms with Crippen molar-refractivity contribution in [1.29, 1.82) is 0 Å². The highest BCUT2D eigenvalue weighted by Gasteiger charge is 2.35. The summed E-state index contributed by atoms with van der Waals surface area (Å²) >= 11 is 0. The highest BCUT2D eigenvalue weighted by atomic mass is 28.4. The summed E-state index contributed by atoms with van der Waals surface area (Å²) in [7, 11) is 3.26. The molecule has 9 heteroatoms. The Kier molecular flexibility index (Phi) is 8.82. The summed E-state index contributed by atoms with van der Waals surface area (Å²) in [5.41, 5.74) is 4.37. The molecule has 0 amide bonds. The third-order valence-electron chi connectivity index (χ3n) is 3.68. The molecule has 0 saturated carbocycles. The summed E-state index contributed by atoms with van der Waals surface area (Å²) in [5.74, 6) is -0.385. The van der Waals surface area contributed by atoms with Crippen LogP contribution in [0.2, 0.25) is 0 Å². The van der Waals surface area contributed by atoms with Gasteiger partial charge < -0.3 is 26.6 Å². The number of hydrogen-bond donors (Lipinski definition) is 0. The van der Waals surface area contributed by atoms with E-state index in [4.69, 9.17) is 26.6 Å². The molecule has 6 nitrogen and oxygen atoms in total. The van der Waals surface area contributed by atoms with E-state index >= 15 is 0 Å². The molecule has 0 heterocycles. The molecular weight excluding hydrogens is 363 g/mol. The van der Waals surface area contributed by atoms with Crippen LogP contribution < -0.4 is 0 Å². The minimum Gasteiger partial charge on any atom is -0.374 e. The summed E-state index contributed by atoms with van der Waals surface area (Å²) in [6.07, 6.45) is 3.29. The van der Waals surface area contributed by atoms with Gasteiger partial charge in [0.15, 0.2) is 0 Å². The van der Waals surface area contributed by atoms with Crippen LogP contribution >= 0.6 is 0 Å². The molecule has 1 aromatic rings. The Hall–Kier alpha value is -1.18. The summed E-state index contributed by atoms with van der Waals surface area (Å²) in [5, 5.41) is 0. The molecule has 0 unspecified atom stereocenters. The van der Waals surface area contributed by atoms with Gasteiger partial charge in [0, 0.05) is 48.2 Å². The van der Waals surface area contributed by atoms with Gasteiger partial charge in [-0.3, -0.25) is 0 Å². The van der Waals surface area contributed by atoms with Gasteiger partial charge in [-0.2, -0.15) is 0 Å². The minimum absolute atomic E-state index is 0.385. The standard InChI is InChI=1S/C16H25FO6Si2/c1-18-24(19-2,20-3)11-9-14-7-8-15(16(17)13-14)10-12-25(21-4,22-5)23-6/h7-13H,1-6H3/b11-9+,12-10+. The normalized spacial score (nSPS) is 13.2. The molecule has 0 bridgehead atoms. The van der Waals surface area contributed by atoms with Gasteiger partial charge in [0.05, 0.1) is 0 Å². The lowest BCUT2D eigenvalue weighted by Crippen LogP contribution is -2.40. The highest BCUT2D eigenvalue weighted by molar-refractivity contribution is 6.67. The Morgan fingerprint density at radius 1 is 0.720 bits per heavy atom. The van der Waals surface area contributed by atoms with Crippen LogP contribution in [0.25, 0.3) is 12.2 Å². The predicted octanol–water partition coefficient (Wildman–Crippen LogP) is 2.69. The molecule has 140 valence electrons. The zero-order valence-electron chi connectivity index (χ0n) is 15.4. The van der Waals surface area contributed by atoms with Crippen LogP contribution in [0.15, 0.2) is 29.6 Å². The maximum absolute atomic E-state index is 14.3. The molecular formula is C16H25FO6Si2. The maximum Gasteiger partial charge on any atom is 0.528 e. The average Bonchev–Trinajstić information content (AvgIpc) is 2.66. The van der Waals surface area contributed by atoms with Gasteiger partial charge in [0.25, 0.3) is 0 Å². The van der Waals surface area contributed by atoms with Crippen molar-refractivity contribution in [1.82, 2.24) is 0 Å². The van der Waals surface area contributed by atoms with E-state index in [9.17, 15) is 4.39 Å². The molecule has 0 atom stereocenters. The Bertz CT molecular complexity index is 584. The van der Waals surface area contributed by atoms with Crippen molar-refractivity contribution in [3.63, 3.8) is 0 Å². The van der Waals surface area contributed by atoms with E-state index in [1.54, 1.807) is 35.7 Å². The third-order valence-corrected chi connectivity index (χ3v) is 8.24. The molecule has 25 heavy (non-hydrogen) atoms. The van der Waals surface area contributed by atoms with Crippen molar-refractivity contribution < 1.29 is 30.9 Å². The Balaban J connectivity index is 3.01. The molecule has 1 aromatic carbocycles. The number of halogens is 1. The molecule has 0 fully saturated rings. The van der Waals surface area contributed by atoms with Gasteiger partial charge in [0.2, 0.25) is 0 Å². The van der Waals surface area contributed by atoms with Crippen LogP contribution in [0.1, 0.15) is 11.1 Å². The molecule has 0 aliphatic carbocycles. The fourth-order valence-electron chi connectivity index (χ4n) is 2.08. The summed E-state index contributed by atoms with van der Waals surface area (Å²) in [6, 6.07) is 4.84. The zero-order valence-corrected chi connectivity index (χ0v) is 17.4. The smallest absolute Gasteiger partial charge is 0.374 e. The van der Waals surface area contributed by atoms with Crippen molar-refractivity contribution in [2.24, 2.45) is 0 Å². The Morgan fingerprint density at radius 3 is 1.56 bits per heavy atom. The Labute approximate surface area is 150 Å². The van der Waals surface area contributed by atoms with E-state index in [1.165, 1.54) is 48.7 Å². The lowest BCUT2D eigenvalue weighted by Gasteiger charge is -2.20. The first-order chi connectivity index (χ1) is 11.9. The van der Waals surface area contributed by atoms with Crippen molar-refractivity contribution >= 4 is 29.8 Å². The molecule has 1 rings (SSSR count). The first kappa shape index (κ1) is 21.9. The summed E-state index contributed by atoms with van der Waals surface area (Å²) in [6.45, 7) is 0. The van der Waals surface area contributed by atoms with Crippen molar-refractivity contribution in [2.75, 3.05) is 42.7 Å². The minimum atomic E-state index is -2.90. The quantitative estimate of drug-likeness (QED) is 0.575. The van der Waals surface area contributed by atoms with Crippen LogP contribution in [0.4, 0.5) is 4.39 Å². The van der Waals surface area contributed by atoms with E-state index in [1.807, 2.05) is 0 Å². The number of benzene rings is 1. The fraction of sp³-hybridized carbons (Fsp3) is 0.375. The molecule has 0 spiro atoms. The second-order valence-electron chi connectivity index (χ2n) is 4.88. The molecule has 0 aromatic heterocycles. The Morgan fingerprint density at radius 2 is 1.16 bits per heavy atom. The zero-order chi connectivity index (χ0) is 18.9. The SMILES string of the molecule is CO[Si](/C=C/c1ccc(/C=C/[Si](OC)(OC)OC)c(F)c1)(OC)OC. The van der Waals surface area contributed by atoms with Crippen molar-refractivity contribution in [3.8, 4) is 0 Å². The molecule has 0 N–H and O–H groups in total. The van der Waals surface area contributed by atoms with E-state index in [-0.39, 0.29) is 5.82 Å².